The van der Waals surface area contributed by atoms with E-state index in [4.69, 9.17) is 4.74 Å². The largest absolute Gasteiger partial charge is 0.494 e. The van der Waals surface area contributed by atoms with Crippen LogP contribution in [-0.4, -0.2) is 42.7 Å². The number of anilines is 1. The first-order chi connectivity index (χ1) is 15.0. The smallest absolute Gasteiger partial charge is 0.252 e. The summed E-state index contributed by atoms with van der Waals surface area (Å²) >= 11 is 0. The van der Waals surface area contributed by atoms with Crippen LogP contribution in [0.1, 0.15) is 46.1 Å². The van der Waals surface area contributed by atoms with Crippen molar-refractivity contribution >= 4 is 27.5 Å². The first-order valence-corrected chi connectivity index (χ1v) is 12.2. The molecule has 1 fully saturated rings. The molecule has 1 aliphatic heterocycles. The molecule has 2 aromatic carbocycles. The van der Waals surface area contributed by atoms with Gasteiger partial charge in [-0.15, -0.1) is 0 Å². The number of ether oxygens (including phenoxy) is 1. The van der Waals surface area contributed by atoms with E-state index in [0.29, 0.717) is 24.5 Å². The molecule has 1 aliphatic rings. The Hall–Kier alpha value is -2.71. The van der Waals surface area contributed by atoms with Crippen molar-refractivity contribution in [3.8, 4) is 5.75 Å². The molecule has 1 atom stereocenters. The molecule has 172 valence electrons. The molecule has 0 bridgehead atoms. The summed E-state index contributed by atoms with van der Waals surface area (Å²) in [5.74, 6) is -0.348. The van der Waals surface area contributed by atoms with Crippen LogP contribution in [0.3, 0.4) is 0 Å². The number of benzene rings is 2. The lowest BCUT2D eigenvalue weighted by Crippen LogP contribution is -2.55. The van der Waals surface area contributed by atoms with E-state index >= 15 is 0 Å². The van der Waals surface area contributed by atoms with Crippen LogP contribution in [0.25, 0.3) is 0 Å². The third-order valence-electron chi connectivity index (χ3n) is 5.85. The summed E-state index contributed by atoms with van der Waals surface area (Å²) in [4.78, 5) is 27.5. The molecule has 1 saturated heterocycles. The number of amides is 2. The van der Waals surface area contributed by atoms with Crippen LogP contribution in [0, 0.1) is 6.92 Å². The highest BCUT2D eigenvalue weighted by Crippen LogP contribution is 2.36. The van der Waals surface area contributed by atoms with Gasteiger partial charge in [0.15, 0.2) is 0 Å². The van der Waals surface area contributed by atoms with Crippen molar-refractivity contribution in [3.63, 3.8) is 0 Å². The van der Waals surface area contributed by atoms with Crippen molar-refractivity contribution in [2.24, 2.45) is 0 Å². The maximum Gasteiger partial charge on any atom is 0.252 e. The van der Waals surface area contributed by atoms with Crippen LogP contribution < -0.4 is 9.64 Å². The number of rotatable bonds is 8. The third-order valence-corrected chi connectivity index (χ3v) is 7.99. The highest BCUT2D eigenvalue weighted by Gasteiger charge is 2.51. The zero-order chi connectivity index (χ0) is 23.7. The normalized spacial score (nSPS) is 17.3. The number of imide groups is 1. The SMILES string of the molecule is CCOc1ccc(N2C(=O)CC(N(C(C)(C)CC)S(=O)(=O)c3ccc(C)cc3)C2=O)cc1. The van der Waals surface area contributed by atoms with Gasteiger partial charge in [-0.05, 0) is 70.5 Å². The highest BCUT2D eigenvalue weighted by atomic mass is 32.2. The van der Waals surface area contributed by atoms with E-state index in [1.807, 2.05) is 20.8 Å². The van der Waals surface area contributed by atoms with Gasteiger partial charge in [0.2, 0.25) is 15.9 Å². The van der Waals surface area contributed by atoms with Gasteiger partial charge in [-0.25, -0.2) is 13.3 Å². The molecular formula is C24H30N2O5S. The predicted octanol–water partition coefficient (Wildman–Crippen LogP) is 3.91. The number of sulfonamides is 1. The van der Waals surface area contributed by atoms with E-state index in [0.717, 1.165) is 10.5 Å². The van der Waals surface area contributed by atoms with E-state index in [9.17, 15) is 18.0 Å². The van der Waals surface area contributed by atoms with Crippen LogP contribution in [0.15, 0.2) is 53.4 Å². The average molecular weight is 459 g/mol. The molecular weight excluding hydrogens is 428 g/mol. The van der Waals surface area contributed by atoms with Gasteiger partial charge in [0.25, 0.3) is 5.91 Å². The standard InChI is InChI=1S/C24H30N2O5S/c1-6-24(4,5)26(32(29,30)20-14-8-17(3)9-15-20)21-16-22(27)25(23(21)28)18-10-12-19(13-11-18)31-7-2/h8-15,21H,6-7,16H2,1-5H3. The van der Waals surface area contributed by atoms with Crippen LogP contribution in [0.2, 0.25) is 0 Å². The quantitative estimate of drug-likeness (QED) is 0.560. The molecule has 7 nitrogen and oxygen atoms in total. The van der Waals surface area contributed by atoms with Gasteiger partial charge in [0.1, 0.15) is 11.8 Å². The van der Waals surface area contributed by atoms with Gasteiger partial charge < -0.3 is 4.74 Å². The minimum Gasteiger partial charge on any atom is -0.494 e. The van der Waals surface area contributed by atoms with E-state index in [2.05, 4.69) is 0 Å². The number of aryl methyl sites for hydroxylation is 1. The minimum atomic E-state index is -4.03. The second kappa shape index (κ2) is 9.03. The fraction of sp³-hybridized carbons (Fsp3) is 0.417. The first kappa shape index (κ1) is 23.9. The van der Waals surface area contributed by atoms with E-state index in [1.165, 1.54) is 16.4 Å². The topological polar surface area (TPSA) is 84.0 Å². The average Bonchev–Trinajstić information content (AvgIpc) is 3.02. The Labute approximate surface area is 190 Å². The van der Waals surface area contributed by atoms with Crippen LogP contribution >= 0.6 is 0 Å². The van der Waals surface area contributed by atoms with Crippen molar-refractivity contribution in [2.45, 2.75) is 63.9 Å². The third kappa shape index (κ3) is 4.42. The van der Waals surface area contributed by atoms with Crippen molar-refractivity contribution in [2.75, 3.05) is 11.5 Å². The second-order valence-electron chi connectivity index (χ2n) is 8.49. The fourth-order valence-corrected chi connectivity index (χ4v) is 5.81. The lowest BCUT2D eigenvalue weighted by Gasteiger charge is -2.39. The second-order valence-corrected chi connectivity index (χ2v) is 10.3. The molecule has 0 radical (unpaired) electrons. The molecule has 32 heavy (non-hydrogen) atoms. The molecule has 8 heteroatoms. The molecule has 0 spiro atoms. The summed E-state index contributed by atoms with van der Waals surface area (Å²) in [6.07, 6.45) is 0.264. The molecule has 1 unspecified atom stereocenters. The molecule has 2 amide bonds. The van der Waals surface area contributed by atoms with Gasteiger partial charge in [0.05, 0.1) is 23.6 Å². The Balaban J connectivity index is 2.02. The lowest BCUT2D eigenvalue weighted by atomic mass is 10.00. The van der Waals surface area contributed by atoms with Crippen molar-refractivity contribution in [1.82, 2.24) is 4.31 Å². The first-order valence-electron chi connectivity index (χ1n) is 10.7. The van der Waals surface area contributed by atoms with Crippen molar-refractivity contribution < 1.29 is 22.7 Å². The Morgan fingerprint density at radius 1 is 1.03 bits per heavy atom. The summed E-state index contributed by atoms with van der Waals surface area (Å²) in [5, 5.41) is 0. The summed E-state index contributed by atoms with van der Waals surface area (Å²) in [6, 6.07) is 12.0. The fourth-order valence-electron chi connectivity index (χ4n) is 3.82. The Morgan fingerprint density at radius 3 is 2.16 bits per heavy atom. The van der Waals surface area contributed by atoms with E-state index < -0.39 is 33.4 Å². The Bertz CT molecular complexity index is 1090. The Kier molecular flexibility index (Phi) is 6.76. The van der Waals surface area contributed by atoms with Crippen LogP contribution in [-0.2, 0) is 19.6 Å². The molecule has 1 heterocycles. The molecule has 0 aromatic heterocycles. The predicted molar refractivity (Wildman–Crippen MR) is 123 cm³/mol. The lowest BCUT2D eigenvalue weighted by molar-refractivity contribution is -0.122. The van der Waals surface area contributed by atoms with E-state index in [-0.39, 0.29) is 11.3 Å². The summed E-state index contributed by atoms with van der Waals surface area (Å²) in [7, 11) is -4.03. The number of nitrogens with zero attached hydrogens (tertiary/aromatic N) is 2. The molecule has 0 N–H and O–H groups in total. The monoisotopic (exact) mass is 458 g/mol. The molecule has 0 saturated carbocycles. The van der Waals surface area contributed by atoms with Crippen molar-refractivity contribution in [1.29, 1.82) is 0 Å². The number of hydrogen-bond donors (Lipinski definition) is 0. The molecule has 2 aromatic rings. The van der Waals surface area contributed by atoms with Gasteiger partial charge in [-0.1, -0.05) is 24.6 Å². The van der Waals surface area contributed by atoms with Crippen molar-refractivity contribution in [3.05, 3.63) is 54.1 Å². The minimum absolute atomic E-state index is 0.101. The maximum atomic E-state index is 13.7. The highest BCUT2D eigenvalue weighted by molar-refractivity contribution is 7.89. The van der Waals surface area contributed by atoms with Crippen LogP contribution in [0.5, 0.6) is 5.75 Å². The van der Waals surface area contributed by atoms with Gasteiger partial charge in [0, 0.05) is 5.54 Å². The van der Waals surface area contributed by atoms with Gasteiger partial charge >= 0.3 is 0 Å². The number of carbonyl (C=O) groups is 2. The summed E-state index contributed by atoms with van der Waals surface area (Å²) < 4.78 is 34.0. The zero-order valence-electron chi connectivity index (χ0n) is 19.2. The maximum absolute atomic E-state index is 13.7. The van der Waals surface area contributed by atoms with E-state index in [1.54, 1.807) is 50.2 Å². The van der Waals surface area contributed by atoms with Crippen LogP contribution in [0.4, 0.5) is 5.69 Å². The number of hydrogen-bond acceptors (Lipinski definition) is 5. The molecule has 3 rings (SSSR count). The van der Waals surface area contributed by atoms with Gasteiger partial charge in [-0.2, -0.15) is 4.31 Å². The zero-order valence-corrected chi connectivity index (χ0v) is 20.0. The van der Waals surface area contributed by atoms with Gasteiger partial charge in [-0.3, -0.25) is 9.59 Å². The molecule has 0 aliphatic carbocycles. The number of carbonyl (C=O) groups excluding carboxylic acids is 2. The summed E-state index contributed by atoms with van der Waals surface area (Å²) in [5.41, 5.74) is 0.450. The Morgan fingerprint density at radius 2 is 1.62 bits per heavy atom. The summed E-state index contributed by atoms with van der Waals surface area (Å²) in [6.45, 7) is 9.65.